The highest BCUT2D eigenvalue weighted by molar-refractivity contribution is 5.65. The second-order valence-electron chi connectivity index (χ2n) is 3.95. The fraction of sp³-hybridized carbons (Fsp3) is 0.143. The lowest BCUT2D eigenvalue weighted by atomic mass is 10.2. The number of aromatic nitrogens is 1. The van der Waals surface area contributed by atoms with Crippen LogP contribution in [0.5, 0.6) is 0 Å². The molecule has 0 atom stereocenters. The third-order valence-corrected chi connectivity index (χ3v) is 2.67. The molecule has 1 aromatic heterocycles. The summed E-state index contributed by atoms with van der Waals surface area (Å²) in [5, 5.41) is 9.06. The number of hydrogen-bond donors (Lipinski definition) is 0. The molecule has 2 rings (SSSR count). The van der Waals surface area contributed by atoms with Gasteiger partial charge in [0.15, 0.2) is 5.82 Å². The molecule has 3 nitrogen and oxygen atoms in total. The van der Waals surface area contributed by atoms with Crippen LogP contribution in [0.25, 0.3) is 0 Å². The summed E-state index contributed by atoms with van der Waals surface area (Å²) in [6.45, 7) is 1.83. The van der Waals surface area contributed by atoms with Gasteiger partial charge in [-0.05, 0) is 31.2 Å². The molecule has 0 saturated heterocycles. The largest absolute Gasteiger partial charge is 0.326 e. The van der Waals surface area contributed by atoms with Gasteiger partial charge in [0, 0.05) is 12.7 Å². The fourth-order valence-electron chi connectivity index (χ4n) is 1.72. The van der Waals surface area contributed by atoms with E-state index >= 15 is 0 Å². The second-order valence-corrected chi connectivity index (χ2v) is 3.95. The van der Waals surface area contributed by atoms with E-state index in [0.29, 0.717) is 17.1 Å². The first-order valence-electron chi connectivity index (χ1n) is 5.49. The molecule has 0 aliphatic rings. The van der Waals surface area contributed by atoms with Gasteiger partial charge in [-0.25, -0.2) is 9.37 Å². The zero-order valence-corrected chi connectivity index (χ0v) is 10.2. The maximum absolute atomic E-state index is 13.7. The number of rotatable bonds is 2. The number of para-hydroxylation sites is 1. The van der Waals surface area contributed by atoms with Crippen molar-refractivity contribution in [1.82, 2.24) is 4.98 Å². The molecule has 0 unspecified atom stereocenters. The minimum absolute atomic E-state index is 0.341. The van der Waals surface area contributed by atoms with Crippen LogP contribution in [-0.2, 0) is 0 Å². The quantitative estimate of drug-likeness (QED) is 0.810. The summed E-state index contributed by atoms with van der Waals surface area (Å²) in [7, 11) is 1.70. The predicted molar refractivity (Wildman–Crippen MR) is 68.2 cm³/mol. The van der Waals surface area contributed by atoms with Crippen molar-refractivity contribution < 1.29 is 4.39 Å². The molecular formula is C14H12FN3. The van der Waals surface area contributed by atoms with Crippen molar-refractivity contribution in [2.24, 2.45) is 0 Å². The molecule has 1 aromatic carbocycles. The molecule has 0 N–H and O–H groups in total. The Hall–Kier alpha value is -2.41. The van der Waals surface area contributed by atoms with Crippen LogP contribution in [0.15, 0.2) is 36.4 Å². The van der Waals surface area contributed by atoms with Crippen LogP contribution in [0, 0.1) is 24.1 Å². The number of nitrogens with zero attached hydrogens (tertiary/aromatic N) is 3. The molecule has 90 valence electrons. The van der Waals surface area contributed by atoms with Crippen molar-refractivity contribution in [1.29, 1.82) is 5.26 Å². The Morgan fingerprint density at radius 2 is 1.94 bits per heavy atom. The summed E-state index contributed by atoms with van der Waals surface area (Å²) in [6.07, 6.45) is 0. The van der Waals surface area contributed by atoms with Crippen LogP contribution in [-0.4, -0.2) is 12.0 Å². The number of nitriles is 1. The highest BCUT2D eigenvalue weighted by atomic mass is 19.1. The van der Waals surface area contributed by atoms with Gasteiger partial charge in [0.1, 0.15) is 11.9 Å². The van der Waals surface area contributed by atoms with Gasteiger partial charge in [0.05, 0.1) is 11.3 Å². The fourth-order valence-corrected chi connectivity index (χ4v) is 1.72. The topological polar surface area (TPSA) is 39.9 Å². The maximum Gasteiger partial charge on any atom is 0.151 e. The minimum atomic E-state index is -0.341. The lowest BCUT2D eigenvalue weighted by Crippen LogP contribution is -2.14. The third-order valence-electron chi connectivity index (χ3n) is 2.67. The zero-order chi connectivity index (χ0) is 13.1. The van der Waals surface area contributed by atoms with Gasteiger partial charge in [-0.2, -0.15) is 5.26 Å². The normalized spacial score (nSPS) is 9.89. The van der Waals surface area contributed by atoms with Gasteiger partial charge < -0.3 is 4.90 Å². The lowest BCUT2D eigenvalue weighted by molar-refractivity contribution is 0.627. The number of aryl methyl sites for hydroxylation is 1. The summed E-state index contributed by atoms with van der Waals surface area (Å²) in [5.74, 6) is 0.120. The Labute approximate surface area is 105 Å². The van der Waals surface area contributed by atoms with E-state index in [1.54, 1.807) is 42.3 Å². The van der Waals surface area contributed by atoms with E-state index in [-0.39, 0.29) is 5.82 Å². The van der Waals surface area contributed by atoms with E-state index < -0.39 is 0 Å². The molecular weight excluding hydrogens is 229 g/mol. The minimum Gasteiger partial charge on any atom is -0.326 e. The molecule has 0 fully saturated rings. The van der Waals surface area contributed by atoms with Crippen molar-refractivity contribution in [3.63, 3.8) is 0 Å². The maximum atomic E-state index is 13.7. The highest BCUT2D eigenvalue weighted by Crippen LogP contribution is 2.27. The number of anilines is 2. The van der Waals surface area contributed by atoms with Crippen molar-refractivity contribution in [3.8, 4) is 6.07 Å². The Bertz CT molecular complexity index is 617. The summed E-state index contributed by atoms with van der Waals surface area (Å²) in [5.41, 5.74) is 1.60. The van der Waals surface area contributed by atoms with E-state index in [2.05, 4.69) is 11.1 Å². The Balaban J connectivity index is 2.53. The van der Waals surface area contributed by atoms with Gasteiger partial charge >= 0.3 is 0 Å². The van der Waals surface area contributed by atoms with Crippen LogP contribution in [0.3, 0.4) is 0 Å². The van der Waals surface area contributed by atoms with Crippen molar-refractivity contribution >= 4 is 11.5 Å². The van der Waals surface area contributed by atoms with Gasteiger partial charge in [0.25, 0.3) is 0 Å². The molecule has 0 saturated carbocycles. The van der Waals surface area contributed by atoms with Crippen LogP contribution in [0.2, 0.25) is 0 Å². The molecule has 0 aliphatic heterocycles. The number of pyridine rings is 1. The molecule has 0 aliphatic carbocycles. The standard InChI is InChI=1S/C14H12FN3/c1-10-7-8-11(9-16)14(17-10)18(2)13-6-4-3-5-12(13)15/h3-8H,1-2H3. The van der Waals surface area contributed by atoms with Crippen LogP contribution in [0.4, 0.5) is 15.9 Å². The van der Waals surface area contributed by atoms with E-state index in [4.69, 9.17) is 5.26 Å². The summed E-state index contributed by atoms with van der Waals surface area (Å²) in [4.78, 5) is 5.88. The predicted octanol–water partition coefficient (Wildman–Crippen LogP) is 3.17. The molecule has 4 heteroatoms. The zero-order valence-electron chi connectivity index (χ0n) is 10.2. The summed E-state index contributed by atoms with van der Waals surface area (Å²) < 4.78 is 13.7. The van der Waals surface area contributed by atoms with Gasteiger partial charge in [-0.15, -0.1) is 0 Å². The number of benzene rings is 1. The third kappa shape index (κ3) is 2.16. The number of halogens is 1. The average Bonchev–Trinajstić information content (AvgIpc) is 2.38. The Kier molecular flexibility index (Phi) is 3.24. The molecule has 0 amide bonds. The van der Waals surface area contributed by atoms with Gasteiger partial charge in [-0.3, -0.25) is 0 Å². The first-order chi connectivity index (χ1) is 8.63. The van der Waals surface area contributed by atoms with E-state index in [1.165, 1.54) is 6.07 Å². The van der Waals surface area contributed by atoms with E-state index in [1.807, 2.05) is 6.92 Å². The van der Waals surface area contributed by atoms with E-state index in [0.717, 1.165) is 5.69 Å². The first-order valence-corrected chi connectivity index (χ1v) is 5.49. The SMILES string of the molecule is Cc1ccc(C#N)c(N(C)c2ccccc2F)n1. The van der Waals surface area contributed by atoms with E-state index in [9.17, 15) is 4.39 Å². The average molecular weight is 241 g/mol. The highest BCUT2D eigenvalue weighted by Gasteiger charge is 2.14. The van der Waals surface area contributed by atoms with Gasteiger partial charge in [0.2, 0.25) is 0 Å². The summed E-state index contributed by atoms with van der Waals surface area (Å²) >= 11 is 0. The molecule has 0 spiro atoms. The smallest absolute Gasteiger partial charge is 0.151 e. The molecule has 2 aromatic rings. The molecule has 18 heavy (non-hydrogen) atoms. The van der Waals surface area contributed by atoms with Crippen LogP contribution >= 0.6 is 0 Å². The van der Waals surface area contributed by atoms with Crippen molar-refractivity contribution in [2.75, 3.05) is 11.9 Å². The second kappa shape index (κ2) is 4.84. The summed E-state index contributed by atoms with van der Waals surface area (Å²) in [6, 6.07) is 11.9. The van der Waals surface area contributed by atoms with Crippen molar-refractivity contribution in [2.45, 2.75) is 6.92 Å². The molecule has 0 radical (unpaired) electrons. The van der Waals surface area contributed by atoms with Crippen LogP contribution in [0.1, 0.15) is 11.3 Å². The van der Waals surface area contributed by atoms with Crippen molar-refractivity contribution in [3.05, 3.63) is 53.5 Å². The Morgan fingerprint density at radius 1 is 1.22 bits per heavy atom. The Morgan fingerprint density at radius 3 is 2.61 bits per heavy atom. The molecule has 1 heterocycles. The lowest BCUT2D eigenvalue weighted by Gasteiger charge is -2.20. The monoisotopic (exact) mass is 241 g/mol. The first kappa shape index (κ1) is 12.1. The van der Waals surface area contributed by atoms with Crippen LogP contribution < -0.4 is 4.90 Å². The molecule has 0 bridgehead atoms. The van der Waals surface area contributed by atoms with Gasteiger partial charge in [-0.1, -0.05) is 12.1 Å². The number of hydrogen-bond acceptors (Lipinski definition) is 3.